The molecule has 1 heterocycles. The lowest BCUT2D eigenvalue weighted by Gasteiger charge is -2.44. The van der Waals surface area contributed by atoms with Crippen LogP contribution in [-0.4, -0.2) is 17.5 Å². The summed E-state index contributed by atoms with van der Waals surface area (Å²) >= 11 is 0. The van der Waals surface area contributed by atoms with Crippen LogP contribution in [0.15, 0.2) is 34.3 Å². The highest BCUT2D eigenvalue weighted by Gasteiger charge is 2.62. The maximum atomic E-state index is 13.7. The van der Waals surface area contributed by atoms with Crippen molar-refractivity contribution in [3.8, 4) is 0 Å². The maximum Gasteiger partial charge on any atom is 0.248 e. The Morgan fingerprint density at radius 1 is 1.05 bits per heavy atom. The third kappa shape index (κ3) is 1.65. The second kappa shape index (κ2) is 4.15. The van der Waals surface area contributed by atoms with E-state index < -0.39 is 11.6 Å². The van der Waals surface area contributed by atoms with E-state index in [0.29, 0.717) is 24.4 Å². The van der Waals surface area contributed by atoms with E-state index in [4.69, 9.17) is 15.7 Å². The number of rotatable bonds is 0. The van der Waals surface area contributed by atoms with Gasteiger partial charge in [0.05, 0.1) is 5.71 Å². The lowest BCUT2D eigenvalue weighted by molar-refractivity contribution is -0.0815. The van der Waals surface area contributed by atoms with Crippen molar-refractivity contribution in [1.82, 2.24) is 0 Å². The molecule has 1 saturated carbocycles. The average Bonchev–Trinajstić information content (AvgIpc) is 2.92. The Morgan fingerprint density at radius 3 is 2.36 bits per heavy atom. The van der Waals surface area contributed by atoms with Crippen molar-refractivity contribution in [2.24, 2.45) is 21.1 Å². The zero-order valence-corrected chi connectivity index (χ0v) is 12.6. The normalized spacial score (nSPS) is 31.2. The van der Waals surface area contributed by atoms with Crippen molar-refractivity contribution in [3.63, 3.8) is 0 Å². The van der Waals surface area contributed by atoms with E-state index in [9.17, 15) is 8.78 Å². The van der Waals surface area contributed by atoms with Crippen LogP contribution in [0.2, 0.25) is 0 Å². The van der Waals surface area contributed by atoms with Crippen LogP contribution in [0.3, 0.4) is 0 Å². The van der Waals surface area contributed by atoms with Crippen molar-refractivity contribution in [3.05, 3.63) is 35.4 Å². The molecule has 3 nitrogen and oxygen atoms in total. The smallest absolute Gasteiger partial charge is 0.248 e. The fourth-order valence-corrected chi connectivity index (χ4v) is 4.35. The Bertz CT molecular complexity index is 678. The summed E-state index contributed by atoms with van der Waals surface area (Å²) in [5.41, 5.74) is 7.79. The van der Waals surface area contributed by atoms with Gasteiger partial charge in [0.1, 0.15) is 5.84 Å². The van der Waals surface area contributed by atoms with Gasteiger partial charge in [0.2, 0.25) is 5.92 Å². The minimum Gasteiger partial charge on any atom is -0.382 e. The predicted molar refractivity (Wildman–Crippen MR) is 82.4 cm³/mol. The van der Waals surface area contributed by atoms with E-state index in [1.54, 1.807) is 0 Å². The highest BCUT2D eigenvalue weighted by atomic mass is 19.3. The van der Waals surface area contributed by atoms with Gasteiger partial charge in [0.15, 0.2) is 5.66 Å². The summed E-state index contributed by atoms with van der Waals surface area (Å²) in [7, 11) is 0. The van der Waals surface area contributed by atoms with Gasteiger partial charge < -0.3 is 5.73 Å². The predicted octanol–water partition coefficient (Wildman–Crippen LogP) is 3.42. The van der Waals surface area contributed by atoms with Crippen LogP contribution in [0.5, 0.6) is 0 Å². The molecular weight excluding hydrogens is 284 g/mol. The molecule has 2 N–H and O–H groups in total. The first-order chi connectivity index (χ1) is 10.4. The summed E-state index contributed by atoms with van der Waals surface area (Å²) in [4.78, 5) is 9.52. The molecule has 0 amide bonds. The molecule has 1 aliphatic heterocycles. The summed E-state index contributed by atoms with van der Waals surface area (Å²) in [6.45, 7) is 1.85. The SMILES string of the molecule is CC1=NC2(N=C1N)c1ccccc1CC21CCC(F)(F)CC1. The van der Waals surface area contributed by atoms with Crippen LogP contribution in [0.25, 0.3) is 0 Å². The molecule has 4 rings (SSSR count). The number of aliphatic imine (C=N–C) groups is 2. The molecule has 1 aromatic rings. The first-order valence-corrected chi connectivity index (χ1v) is 7.76. The number of hydrogen-bond acceptors (Lipinski definition) is 3. The van der Waals surface area contributed by atoms with E-state index in [1.807, 2.05) is 25.1 Å². The second-order valence-electron chi connectivity index (χ2n) is 6.84. The van der Waals surface area contributed by atoms with Crippen molar-refractivity contribution in [2.45, 2.75) is 50.6 Å². The summed E-state index contributed by atoms with van der Waals surface area (Å²) in [5, 5.41) is 0. The largest absolute Gasteiger partial charge is 0.382 e. The van der Waals surface area contributed by atoms with E-state index in [1.165, 1.54) is 5.56 Å². The molecule has 1 fully saturated rings. The van der Waals surface area contributed by atoms with Crippen LogP contribution >= 0.6 is 0 Å². The molecule has 1 atom stereocenters. The van der Waals surface area contributed by atoms with Gasteiger partial charge in [-0.3, -0.25) is 4.99 Å². The number of amidine groups is 1. The van der Waals surface area contributed by atoms with Crippen LogP contribution in [-0.2, 0) is 12.1 Å². The minimum atomic E-state index is -2.56. The molecule has 1 aromatic carbocycles. The van der Waals surface area contributed by atoms with Gasteiger partial charge in [-0.1, -0.05) is 24.3 Å². The molecule has 5 heteroatoms. The first-order valence-electron chi connectivity index (χ1n) is 7.76. The molecule has 3 aliphatic rings. The van der Waals surface area contributed by atoms with Crippen molar-refractivity contribution < 1.29 is 8.78 Å². The van der Waals surface area contributed by atoms with Gasteiger partial charge in [-0.2, -0.15) is 0 Å². The Labute approximate surface area is 128 Å². The molecular formula is C17H19F2N3. The van der Waals surface area contributed by atoms with E-state index in [-0.39, 0.29) is 18.3 Å². The monoisotopic (exact) mass is 303 g/mol. The zero-order chi connectivity index (χ0) is 15.6. The fourth-order valence-electron chi connectivity index (χ4n) is 4.35. The highest BCUT2D eigenvalue weighted by molar-refractivity contribution is 6.41. The number of nitrogens with zero attached hydrogens (tertiary/aromatic N) is 2. The number of halogens is 2. The van der Waals surface area contributed by atoms with Crippen LogP contribution in [0.1, 0.15) is 43.7 Å². The summed E-state index contributed by atoms with van der Waals surface area (Å²) < 4.78 is 27.4. The average molecular weight is 303 g/mol. The highest BCUT2D eigenvalue weighted by Crippen LogP contribution is 2.62. The van der Waals surface area contributed by atoms with E-state index in [0.717, 1.165) is 12.0 Å². The Balaban J connectivity index is 1.88. The molecule has 2 spiro atoms. The van der Waals surface area contributed by atoms with Crippen molar-refractivity contribution in [1.29, 1.82) is 0 Å². The molecule has 116 valence electrons. The molecule has 22 heavy (non-hydrogen) atoms. The van der Waals surface area contributed by atoms with Gasteiger partial charge in [-0.25, -0.2) is 13.8 Å². The summed E-state index contributed by atoms with van der Waals surface area (Å²) in [6, 6.07) is 8.04. The van der Waals surface area contributed by atoms with Gasteiger partial charge in [0.25, 0.3) is 0 Å². The summed E-state index contributed by atoms with van der Waals surface area (Å²) in [6.07, 6.45) is 1.44. The minimum absolute atomic E-state index is 0.0905. The first kappa shape index (κ1) is 13.9. The third-order valence-electron chi connectivity index (χ3n) is 5.58. The molecule has 0 bridgehead atoms. The Morgan fingerprint density at radius 2 is 1.73 bits per heavy atom. The van der Waals surface area contributed by atoms with Gasteiger partial charge in [0, 0.05) is 23.8 Å². The second-order valence-corrected chi connectivity index (χ2v) is 6.84. The standard InChI is InChI=1S/C17H19F2N3/c1-11-14(20)22-17(21-11)13-5-3-2-4-12(13)10-15(17)6-8-16(18,19)9-7-15/h2-5H,6-10H2,1H3,(H2,20,22). The summed E-state index contributed by atoms with van der Waals surface area (Å²) in [5.74, 6) is -2.12. The van der Waals surface area contributed by atoms with Crippen molar-refractivity contribution in [2.75, 3.05) is 0 Å². The quantitative estimate of drug-likeness (QED) is 0.784. The lowest BCUT2D eigenvalue weighted by atomic mass is 9.65. The van der Waals surface area contributed by atoms with Crippen LogP contribution < -0.4 is 5.73 Å². The van der Waals surface area contributed by atoms with E-state index in [2.05, 4.69) is 6.07 Å². The molecule has 0 aromatic heterocycles. The Kier molecular flexibility index (Phi) is 2.61. The van der Waals surface area contributed by atoms with Gasteiger partial charge in [-0.05, 0) is 31.7 Å². The van der Waals surface area contributed by atoms with Crippen molar-refractivity contribution >= 4 is 11.5 Å². The van der Waals surface area contributed by atoms with Crippen LogP contribution in [0.4, 0.5) is 8.78 Å². The topological polar surface area (TPSA) is 50.7 Å². The van der Waals surface area contributed by atoms with Gasteiger partial charge >= 0.3 is 0 Å². The number of hydrogen-bond donors (Lipinski definition) is 1. The molecule has 1 unspecified atom stereocenters. The molecule has 0 radical (unpaired) electrons. The number of fused-ring (bicyclic) bond motifs is 3. The van der Waals surface area contributed by atoms with E-state index >= 15 is 0 Å². The third-order valence-corrected chi connectivity index (χ3v) is 5.58. The molecule has 2 aliphatic carbocycles. The molecule has 0 saturated heterocycles. The number of nitrogens with two attached hydrogens (primary N) is 1. The van der Waals surface area contributed by atoms with Gasteiger partial charge in [-0.15, -0.1) is 0 Å². The lowest BCUT2D eigenvalue weighted by Crippen LogP contribution is -2.44. The number of benzene rings is 1. The maximum absolute atomic E-state index is 13.7. The fraction of sp³-hybridized carbons (Fsp3) is 0.529. The number of alkyl halides is 2. The Hall–Kier alpha value is -1.78. The zero-order valence-electron chi connectivity index (χ0n) is 12.6. The van der Waals surface area contributed by atoms with Crippen LogP contribution in [0, 0.1) is 5.41 Å².